The van der Waals surface area contributed by atoms with Crippen LogP contribution in [0.4, 0.5) is 5.69 Å². The van der Waals surface area contributed by atoms with Crippen molar-refractivity contribution in [3.8, 4) is 0 Å². The molecule has 1 aliphatic carbocycles. The summed E-state index contributed by atoms with van der Waals surface area (Å²) < 4.78 is 33.4. The number of hydrogen-bond acceptors (Lipinski definition) is 5. The van der Waals surface area contributed by atoms with Crippen LogP contribution in [0.5, 0.6) is 0 Å². The molecular formula is C20H24BrN3O5S. The lowest BCUT2D eigenvalue weighted by molar-refractivity contribution is -0.119. The Morgan fingerprint density at radius 1 is 1.23 bits per heavy atom. The smallest absolute Gasteiger partial charge is 0.355 e. The molecular weight excluding hydrogens is 474 g/mol. The van der Waals surface area contributed by atoms with Gasteiger partial charge in [-0.05, 0) is 47.0 Å². The van der Waals surface area contributed by atoms with E-state index in [0.717, 1.165) is 32.1 Å². The molecule has 8 nitrogen and oxygen atoms in total. The zero-order chi connectivity index (χ0) is 21.7. The van der Waals surface area contributed by atoms with Gasteiger partial charge in [0.15, 0.2) is 6.61 Å². The summed E-state index contributed by atoms with van der Waals surface area (Å²) in [6.07, 6.45) is 6.36. The third-order valence-corrected chi connectivity index (χ3v) is 7.54. The zero-order valence-electron chi connectivity index (χ0n) is 16.6. The number of benzene rings is 1. The highest BCUT2D eigenvalue weighted by atomic mass is 79.9. The van der Waals surface area contributed by atoms with Crippen molar-refractivity contribution in [2.75, 3.05) is 19.0 Å². The number of rotatable bonds is 7. The maximum atomic E-state index is 13.2. The Hall–Kier alpha value is -2.17. The molecule has 0 bridgehead atoms. The number of carbonyl (C=O) groups is 2. The zero-order valence-corrected chi connectivity index (χ0v) is 19.0. The highest BCUT2D eigenvalue weighted by molar-refractivity contribution is 9.10. The summed E-state index contributed by atoms with van der Waals surface area (Å²) in [6, 6.07) is 7.71. The normalized spacial score (nSPS) is 15.2. The fourth-order valence-electron chi connectivity index (χ4n) is 3.47. The second-order valence-corrected chi connectivity index (χ2v) is 10.0. The molecule has 1 aromatic carbocycles. The third kappa shape index (κ3) is 5.30. The summed E-state index contributed by atoms with van der Waals surface area (Å²) in [5, 5.41) is 2.55. The lowest BCUT2D eigenvalue weighted by atomic mass is 9.96. The lowest BCUT2D eigenvalue weighted by Crippen LogP contribution is -2.38. The summed E-state index contributed by atoms with van der Waals surface area (Å²) in [6.45, 7) is -0.539. The van der Waals surface area contributed by atoms with Crippen molar-refractivity contribution in [2.24, 2.45) is 0 Å². The van der Waals surface area contributed by atoms with Crippen LogP contribution < -0.4 is 5.32 Å². The van der Waals surface area contributed by atoms with Crippen molar-refractivity contribution in [1.29, 1.82) is 0 Å². The quantitative estimate of drug-likeness (QED) is 0.568. The van der Waals surface area contributed by atoms with Gasteiger partial charge in [0.05, 0.1) is 5.69 Å². The monoisotopic (exact) mass is 497 g/mol. The molecule has 2 N–H and O–H groups in total. The third-order valence-electron chi connectivity index (χ3n) is 5.11. The summed E-state index contributed by atoms with van der Waals surface area (Å²) in [7, 11) is -2.20. The Balaban J connectivity index is 1.68. The molecule has 0 saturated heterocycles. The van der Waals surface area contributed by atoms with Gasteiger partial charge in [0.2, 0.25) is 10.0 Å². The van der Waals surface area contributed by atoms with Crippen LogP contribution in [0, 0.1) is 0 Å². The number of aromatic nitrogens is 1. The van der Waals surface area contributed by atoms with Crippen molar-refractivity contribution in [2.45, 2.75) is 43.0 Å². The molecule has 1 saturated carbocycles. The average Bonchev–Trinajstić information content (AvgIpc) is 3.19. The van der Waals surface area contributed by atoms with E-state index >= 15 is 0 Å². The Morgan fingerprint density at radius 2 is 1.93 bits per heavy atom. The number of nitrogens with zero attached hydrogens (tertiary/aromatic N) is 1. The number of para-hydroxylation sites is 1. The molecule has 30 heavy (non-hydrogen) atoms. The fraction of sp³-hybridized carbons (Fsp3) is 0.400. The molecule has 0 aliphatic heterocycles. The van der Waals surface area contributed by atoms with Gasteiger partial charge in [-0.2, -0.15) is 4.31 Å². The SMILES string of the molecule is CN(C1CCCCC1)S(=O)(=O)c1ccccc1NC(=O)COC(=O)c1cc(Br)c[nH]1. The van der Waals surface area contributed by atoms with Crippen molar-refractivity contribution in [1.82, 2.24) is 9.29 Å². The first-order chi connectivity index (χ1) is 14.3. The minimum Gasteiger partial charge on any atom is -0.451 e. The van der Waals surface area contributed by atoms with E-state index in [1.807, 2.05) is 0 Å². The lowest BCUT2D eigenvalue weighted by Gasteiger charge is -2.30. The molecule has 1 fully saturated rings. The van der Waals surface area contributed by atoms with Gasteiger partial charge in [0.25, 0.3) is 5.91 Å². The number of halogens is 1. The number of esters is 1. The largest absolute Gasteiger partial charge is 0.451 e. The van der Waals surface area contributed by atoms with Crippen LogP contribution >= 0.6 is 15.9 Å². The molecule has 1 amide bonds. The molecule has 162 valence electrons. The van der Waals surface area contributed by atoms with Gasteiger partial charge in [0, 0.05) is 23.8 Å². The van der Waals surface area contributed by atoms with Crippen LogP contribution in [0.1, 0.15) is 42.6 Å². The number of aromatic amines is 1. The van der Waals surface area contributed by atoms with E-state index in [1.54, 1.807) is 25.4 Å². The van der Waals surface area contributed by atoms with E-state index in [4.69, 9.17) is 4.74 Å². The van der Waals surface area contributed by atoms with Crippen LogP contribution in [0.15, 0.2) is 45.9 Å². The predicted octanol–water partition coefficient (Wildman–Crippen LogP) is 3.53. The molecule has 0 spiro atoms. The van der Waals surface area contributed by atoms with E-state index in [9.17, 15) is 18.0 Å². The van der Waals surface area contributed by atoms with Crippen LogP contribution in [-0.4, -0.2) is 49.3 Å². The van der Waals surface area contributed by atoms with Crippen LogP contribution in [-0.2, 0) is 19.6 Å². The predicted molar refractivity (Wildman–Crippen MR) is 116 cm³/mol. The van der Waals surface area contributed by atoms with Gasteiger partial charge in [-0.15, -0.1) is 0 Å². The minimum atomic E-state index is -3.79. The molecule has 2 aromatic rings. The van der Waals surface area contributed by atoms with Gasteiger partial charge >= 0.3 is 5.97 Å². The van der Waals surface area contributed by atoms with Gasteiger partial charge in [-0.25, -0.2) is 13.2 Å². The molecule has 0 radical (unpaired) electrons. The van der Waals surface area contributed by atoms with Gasteiger partial charge in [0.1, 0.15) is 10.6 Å². The number of amides is 1. The van der Waals surface area contributed by atoms with Crippen molar-refractivity contribution < 1.29 is 22.7 Å². The van der Waals surface area contributed by atoms with Gasteiger partial charge < -0.3 is 15.0 Å². The molecule has 1 aromatic heterocycles. The van der Waals surface area contributed by atoms with E-state index in [0.29, 0.717) is 4.47 Å². The number of sulfonamides is 1. The molecule has 0 unspecified atom stereocenters. The van der Waals surface area contributed by atoms with Crippen molar-refractivity contribution in [3.05, 3.63) is 46.7 Å². The maximum Gasteiger partial charge on any atom is 0.355 e. The van der Waals surface area contributed by atoms with Crippen LogP contribution in [0.25, 0.3) is 0 Å². The number of anilines is 1. The first-order valence-electron chi connectivity index (χ1n) is 9.67. The van der Waals surface area contributed by atoms with Gasteiger partial charge in [-0.3, -0.25) is 4.79 Å². The number of carbonyl (C=O) groups excluding carboxylic acids is 2. The van der Waals surface area contributed by atoms with Crippen LogP contribution in [0.3, 0.4) is 0 Å². The summed E-state index contributed by atoms with van der Waals surface area (Å²) in [4.78, 5) is 27.0. The first kappa shape index (κ1) is 22.5. The summed E-state index contributed by atoms with van der Waals surface area (Å²) in [5.41, 5.74) is 0.357. The first-order valence-corrected chi connectivity index (χ1v) is 11.9. The number of hydrogen-bond donors (Lipinski definition) is 2. The Kier molecular flexibility index (Phi) is 7.32. The number of ether oxygens (including phenoxy) is 1. The highest BCUT2D eigenvalue weighted by Crippen LogP contribution is 2.29. The molecule has 10 heteroatoms. The molecule has 1 heterocycles. The standard InChI is InChI=1S/C20H24BrN3O5S/c1-24(15-7-3-2-4-8-15)30(27,28)18-10-6-5-9-16(18)23-19(25)13-29-20(26)17-11-14(21)12-22-17/h5-6,9-12,15,22H,2-4,7-8,13H2,1H3,(H,23,25). The van der Waals surface area contributed by atoms with E-state index in [-0.39, 0.29) is 22.3 Å². The van der Waals surface area contributed by atoms with Crippen molar-refractivity contribution >= 4 is 43.5 Å². The Bertz CT molecular complexity index is 1010. The highest BCUT2D eigenvalue weighted by Gasteiger charge is 2.31. The van der Waals surface area contributed by atoms with Crippen LogP contribution in [0.2, 0.25) is 0 Å². The fourth-order valence-corrected chi connectivity index (χ4v) is 5.38. The van der Waals surface area contributed by atoms with E-state index in [1.165, 1.54) is 22.5 Å². The second kappa shape index (κ2) is 9.76. The Labute approximate surface area is 184 Å². The van der Waals surface area contributed by atoms with Gasteiger partial charge in [-0.1, -0.05) is 31.4 Å². The number of H-pyrrole nitrogens is 1. The number of nitrogens with one attached hydrogen (secondary N) is 2. The maximum absolute atomic E-state index is 13.2. The minimum absolute atomic E-state index is 0.0195. The molecule has 3 rings (SSSR count). The van der Waals surface area contributed by atoms with E-state index in [2.05, 4.69) is 26.2 Å². The van der Waals surface area contributed by atoms with E-state index < -0.39 is 28.5 Å². The molecule has 1 aliphatic rings. The van der Waals surface area contributed by atoms with Crippen molar-refractivity contribution in [3.63, 3.8) is 0 Å². The second-order valence-electron chi connectivity index (χ2n) is 7.17. The molecule has 0 atom stereocenters. The summed E-state index contributed by atoms with van der Waals surface area (Å²) >= 11 is 3.21. The summed E-state index contributed by atoms with van der Waals surface area (Å²) in [5.74, 6) is -1.31. The average molecular weight is 498 g/mol. The Morgan fingerprint density at radius 3 is 2.60 bits per heavy atom. The topological polar surface area (TPSA) is 109 Å².